The number of amides is 1. The first-order valence-corrected chi connectivity index (χ1v) is 9.88. The first-order chi connectivity index (χ1) is 12.1. The Morgan fingerprint density at radius 1 is 1.08 bits per heavy atom. The number of aryl methyl sites for hydroxylation is 2. The lowest BCUT2D eigenvalue weighted by atomic mass is 10.1. The highest BCUT2D eigenvalue weighted by atomic mass is 35.5. The van der Waals surface area contributed by atoms with Gasteiger partial charge in [0.05, 0.1) is 21.2 Å². The second-order valence-corrected chi connectivity index (χ2v) is 8.26. The van der Waals surface area contributed by atoms with Gasteiger partial charge in [-0.1, -0.05) is 17.7 Å². The summed E-state index contributed by atoms with van der Waals surface area (Å²) in [6.45, 7) is 3.27. The number of rotatable bonds is 5. The minimum absolute atomic E-state index is 0.0179. The van der Waals surface area contributed by atoms with Crippen molar-refractivity contribution in [3.8, 4) is 0 Å². The van der Waals surface area contributed by atoms with E-state index in [1.165, 1.54) is 18.2 Å². The third kappa shape index (κ3) is 5.06. The zero-order chi connectivity index (χ0) is 19.5. The summed E-state index contributed by atoms with van der Waals surface area (Å²) in [6.07, 6.45) is 1.05. The molecule has 0 saturated heterocycles. The van der Waals surface area contributed by atoms with Crippen LogP contribution in [0.15, 0.2) is 41.3 Å². The molecule has 2 rings (SSSR count). The molecule has 1 amide bonds. The van der Waals surface area contributed by atoms with Gasteiger partial charge in [-0.2, -0.15) is 0 Å². The van der Waals surface area contributed by atoms with E-state index in [1.807, 2.05) is 13.8 Å². The number of anilines is 1. The van der Waals surface area contributed by atoms with Gasteiger partial charge in [-0.05, 0) is 55.3 Å². The van der Waals surface area contributed by atoms with Crippen LogP contribution >= 0.6 is 11.6 Å². The SMILES string of the molecule is Cc1ccc(C(=O)OCC(=O)Nc2cc(S(C)(=O)=O)ccc2Cl)cc1C. The smallest absolute Gasteiger partial charge is 0.338 e. The Kier molecular flexibility index (Phi) is 6.05. The highest BCUT2D eigenvalue weighted by Gasteiger charge is 2.14. The zero-order valence-electron chi connectivity index (χ0n) is 14.5. The van der Waals surface area contributed by atoms with Crippen LogP contribution < -0.4 is 5.32 Å². The molecule has 0 aliphatic rings. The molecule has 0 bridgehead atoms. The molecule has 26 heavy (non-hydrogen) atoms. The Morgan fingerprint density at radius 2 is 1.77 bits per heavy atom. The number of ether oxygens (including phenoxy) is 1. The number of nitrogens with one attached hydrogen (secondary N) is 1. The van der Waals surface area contributed by atoms with Crippen molar-refractivity contribution in [2.45, 2.75) is 18.7 Å². The van der Waals surface area contributed by atoms with Crippen LogP contribution in [-0.2, 0) is 19.4 Å². The molecule has 138 valence electrons. The molecule has 0 heterocycles. The molecule has 8 heteroatoms. The minimum Gasteiger partial charge on any atom is -0.452 e. The summed E-state index contributed by atoms with van der Waals surface area (Å²) >= 11 is 5.96. The summed E-state index contributed by atoms with van der Waals surface area (Å²) in [7, 11) is -3.44. The molecule has 6 nitrogen and oxygen atoms in total. The Bertz CT molecular complexity index is 970. The van der Waals surface area contributed by atoms with Crippen molar-refractivity contribution in [1.29, 1.82) is 0 Å². The van der Waals surface area contributed by atoms with E-state index in [0.29, 0.717) is 5.56 Å². The summed E-state index contributed by atoms with van der Waals surface area (Å²) in [5.41, 5.74) is 2.45. The van der Waals surface area contributed by atoms with Crippen molar-refractivity contribution >= 4 is 39.0 Å². The molecule has 0 unspecified atom stereocenters. The van der Waals surface area contributed by atoms with Crippen LogP contribution in [0.4, 0.5) is 5.69 Å². The van der Waals surface area contributed by atoms with Crippen molar-refractivity contribution in [2.75, 3.05) is 18.2 Å². The number of carbonyl (C=O) groups is 2. The normalized spacial score (nSPS) is 11.1. The van der Waals surface area contributed by atoms with Crippen LogP contribution in [0, 0.1) is 13.8 Å². The quantitative estimate of drug-likeness (QED) is 0.785. The van der Waals surface area contributed by atoms with E-state index in [4.69, 9.17) is 16.3 Å². The van der Waals surface area contributed by atoms with E-state index in [9.17, 15) is 18.0 Å². The van der Waals surface area contributed by atoms with E-state index < -0.39 is 28.3 Å². The lowest BCUT2D eigenvalue weighted by Gasteiger charge is -2.10. The van der Waals surface area contributed by atoms with Crippen LogP contribution in [0.1, 0.15) is 21.5 Å². The first-order valence-electron chi connectivity index (χ1n) is 7.62. The molecule has 1 N–H and O–H groups in total. The molecule has 0 aliphatic heterocycles. The fourth-order valence-electron chi connectivity index (χ4n) is 2.10. The van der Waals surface area contributed by atoms with Crippen molar-refractivity contribution in [1.82, 2.24) is 0 Å². The molecular weight excluding hydrogens is 378 g/mol. The molecule has 0 aromatic heterocycles. The summed E-state index contributed by atoms with van der Waals surface area (Å²) in [5, 5.41) is 2.61. The molecule has 0 aliphatic carbocycles. The van der Waals surface area contributed by atoms with Crippen LogP contribution in [0.25, 0.3) is 0 Å². The summed E-state index contributed by atoms with van der Waals surface area (Å²) in [6, 6.07) is 9.06. The predicted octanol–water partition coefficient (Wildman–Crippen LogP) is 3.16. The van der Waals surface area contributed by atoms with Gasteiger partial charge in [0.15, 0.2) is 16.4 Å². The number of halogens is 1. The van der Waals surface area contributed by atoms with Crippen molar-refractivity contribution < 1.29 is 22.7 Å². The number of esters is 1. The van der Waals surface area contributed by atoms with Gasteiger partial charge in [0, 0.05) is 6.26 Å². The largest absolute Gasteiger partial charge is 0.452 e. The lowest BCUT2D eigenvalue weighted by Crippen LogP contribution is -2.21. The Balaban J connectivity index is 2.03. The van der Waals surface area contributed by atoms with Gasteiger partial charge in [0.1, 0.15) is 0 Å². The van der Waals surface area contributed by atoms with Gasteiger partial charge >= 0.3 is 5.97 Å². The third-order valence-electron chi connectivity index (χ3n) is 3.72. The van der Waals surface area contributed by atoms with Gasteiger partial charge in [-0.15, -0.1) is 0 Å². The maximum Gasteiger partial charge on any atom is 0.338 e. The van der Waals surface area contributed by atoms with Gasteiger partial charge < -0.3 is 10.1 Å². The topological polar surface area (TPSA) is 89.5 Å². The molecule has 0 radical (unpaired) electrons. The van der Waals surface area contributed by atoms with Crippen LogP contribution in [0.2, 0.25) is 5.02 Å². The van der Waals surface area contributed by atoms with Gasteiger partial charge in [0.2, 0.25) is 0 Å². The number of hydrogen-bond donors (Lipinski definition) is 1. The van der Waals surface area contributed by atoms with Crippen LogP contribution in [-0.4, -0.2) is 33.2 Å². The van der Waals surface area contributed by atoms with E-state index in [0.717, 1.165) is 17.4 Å². The van der Waals surface area contributed by atoms with Crippen LogP contribution in [0.3, 0.4) is 0 Å². The molecule has 2 aromatic carbocycles. The highest BCUT2D eigenvalue weighted by Crippen LogP contribution is 2.25. The second-order valence-electron chi connectivity index (χ2n) is 5.84. The number of benzene rings is 2. The fourth-order valence-corrected chi connectivity index (χ4v) is 2.91. The van der Waals surface area contributed by atoms with Gasteiger partial charge in [-0.25, -0.2) is 13.2 Å². The lowest BCUT2D eigenvalue weighted by molar-refractivity contribution is -0.119. The fraction of sp³-hybridized carbons (Fsp3) is 0.222. The van der Waals surface area contributed by atoms with E-state index in [2.05, 4.69) is 5.32 Å². The molecule has 0 saturated carbocycles. The van der Waals surface area contributed by atoms with E-state index >= 15 is 0 Å². The summed E-state index contributed by atoms with van der Waals surface area (Å²) in [5.74, 6) is -1.26. The third-order valence-corrected chi connectivity index (χ3v) is 5.16. The van der Waals surface area contributed by atoms with Crippen molar-refractivity contribution in [3.63, 3.8) is 0 Å². The highest BCUT2D eigenvalue weighted by molar-refractivity contribution is 7.90. The maximum absolute atomic E-state index is 12.0. The van der Waals surface area contributed by atoms with Gasteiger partial charge in [0.25, 0.3) is 5.91 Å². The Labute approximate surface area is 157 Å². The monoisotopic (exact) mass is 395 g/mol. The molecule has 0 spiro atoms. The average molecular weight is 396 g/mol. The van der Waals surface area contributed by atoms with Gasteiger partial charge in [-0.3, -0.25) is 4.79 Å². The minimum atomic E-state index is -3.44. The van der Waals surface area contributed by atoms with Crippen molar-refractivity contribution in [2.24, 2.45) is 0 Å². The average Bonchev–Trinajstić information content (AvgIpc) is 2.56. The number of sulfone groups is 1. The Hall–Kier alpha value is -2.38. The van der Waals surface area contributed by atoms with Crippen molar-refractivity contribution in [3.05, 3.63) is 58.1 Å². The van der Waals surface area contributed by atoms with E-state index in [1.54, 1.807) is 18.2 Å². The standard InChI is InChI=1S/C18H18ClNO5S/c1-11-4-5-13(8-12(11)2)18(22)25-10-17(21)20-16-9-14(26(3,23)24)6-7-15(16)19/h4-9H,10H2,1-3H3,(H,20,21). The molecule has 2 aromatic rings. The second kappa shape index (κ2) is 7.88. The number of hydrogen-bond acceptors (Lipinski definition) is 5. The first kappa shape index (κ1) is 19.9. The van der Waals surface area contributed by atoms with E-state index in [-0.39, 0.29) is 15.6 Å². The Morgan fingerprint density at radius 3 is 2.38 bits per heavy atom. The number of carbonyl (C=O) groups excluding carboxylic acids is 2. The summed E-state index contributed by atoms with van der Waals surface area (Å²) in [4.78, 5) is 24.0. The summed E-state index contributed by atoms with van der Waals surface area (Å²) < 4.78 is 28.1. The molecular formula is C18H18ClNO5S. The van der Waals surface area contributed by atoms with Crippen LogP contribution in [0.5, 0.6) is 0 Å². The zero-order valence-corrected chi connectivity index (χ0v) is 16.1. The molecule has 0 atom stereocenters. The maximum atomic E-state index is 12.0. The predicted molar refractivity (Wildman–Crippen MR) is 99.4 cm³/mol. The molecule has 0 fully saturated rings.